The van der Waals surface area contributed by atoms with Crippen molar-refractivity contribution in [2.45, 2.75) is 31.9 Å². The number of para-hydroxylation sites is 1. The van der Waals surface area contributed by atoms with Crippen molar-refractivity contribution in [2.24, 2.45) is 0 Å². The number of nitrogens with one attached hydrogen (secondary N) is 1. The fraction of sp³-hybridized carbons (Fsp3) is 0.381. The molecular formula is C21H21N3O5S. The molecule has 0 radical (unpaired) electrons. The van der Waals surface area contributed by atoms with Crippen LogP contribution in [-0.4, -0.2) is 48.1 Å². The summed E-state index contributed by atoms with van der Waals surface area (Å²) in [5.74, 6) is 0.566. The first kappa shape index (κ1) is 19.1. The van der Waals surface area contributed by atoms with Gasteiger partial charge in [0.05, 0.1) is 19.3 Å². The van der Waals surface area contributed by atoms with Crippen molar-refractivity contribution in [3.8, 4) is 5.75 Å². The van der Waals surface area contributed by atoms with Gasteiger partial charge in [0.15, 0.2) is 22.2 Å². The Morgan fingerprint density at radius 3 is 3.07 bits per heavy atom. The van der Waals surface area contributed by atoms with Crippen molar-refractivity contribution >= 4 is 39.3 Å². The summed E-state index contributed by atoms with van der Waals surface area (Å²) in [5.41, 5.74) is 1.50. The molecule has 0 aliphatic carbocycles. The molecule has 156 valence electrons. The van der Waals surface area contributed by atoms with Crippen molar-refractivity contribution in [1.82, 2.24) is 9.88 Å². The van der Waals surface area contributed by atoms with Gasteiger partial charge in [-0.05, 0) is 25.0 Å². The Morgan fingerprint density at radius 2 is 2.27 bits per heavy atom. The Bertz CT molecular complexity index is 1120. The molecule has 9 heteroatoms. The number of carbonyl (C=O) groups is 2. The maximum atomic E-state index is 13.0. The van der Waals surface area contributed by atoms with Crippen LogP contribution in [0.25, 0.3) is 11.0 Å². The summed E-state index contributed by atoms with van der Waals surface area (Å²) in [4.78, 5) is 32.6. The first-order valence-corrected chi connectivity index (χ1v) is 10.7. The largest absolute Gasteiger partial charge is 0.493 e. The highest BCUT2D eigenvalue weighted by Gasteiger charge is 2.29. The number of anilines is 1. The van der Waals surface area contributed by atoms with Gasteiger partial charge in [0, 0.05) is 29.8 Å². The lowest BCUT2D eigenvalue weighted by Gasteiger charge is -2.25. The standard InChI is InChI=1S/C21H21N3O5S/c1-27-14-5-2-4-12-10-16(29-18(12)14)20(26)24-8-7-13-17(11-24)30-21(22-13)23-19(25)15-6-3-9-28-15/h2,4-5,10,15H,3,6-9,11H2,1H3,(H,22,23,25). The van der Waals surface area contributed by atoms with Crippen molar-refractivity contribution < 1.29 is 23.5 Å². The number of hydrogen-bond donors (Lipinski definition) is 1. The number of thiazole rings is 1. The Morgan fingerprint density at radius 1 is 1.37 bits per heavy atom. The smallest absolute Gasteiger partial charge is 0.289 e. The van der Waals surface area contributed by atoms with Crippen LogP contribution in [0.4, 0.5) is 5.13 Å². The number of fused-ring (bicyclic) bond motifs is 2. The fourth-order valence-corrected chi connectivity index (χ4v) is 4.88. The summed E-state index contributed by atoms with van der Waals surface area (Å²) in [6, 6.07) is 7.30. The number of benzene rings is 1. The molecule has 30 heavy (non-hydrogen) atoms. The molecule has 1 saturated heterocycles. The lowest BCUT2D eigenvalue weighted by Crippen LogP contribution is -2.35. The van der Waals surface area contributed by atoms with Gasteiger partial charge in [-0.3, -0.25) is 14.9 Å². The van der Waals surface area contributed by atoms with Crippen LogP contribution in [0.5, 0.6) is 5.75 Å². The zero-order valence-corrected chi connectivity index (χ0v) is 17.3. The monoisotopic (exact) mass is 427 g/mol. The predicted octanol–water partition coefficient (Wildman–Crippen LogP) is 3.21. The van der Waals surface area contributed by atoms with Crippen LogP contribution in [0.2, 0.25) is 0 Å². The van der Waals surface area contributed by atoms with Crippen LogP contribution in [-0.2, 0) is 22.5 Å². The summed E-state index contributed by atoms with van der Waals surface area (Å²) >= 11 is 1.41. The fourth-order valence-electron chi connectivity index (χ4n) is 3.85. The molecule has 0 saturated carbocycles. The molecule has 1 atom stereocenters. The van der Waals surface area contributed by atoms with Crippen molar-refractivity contribution in [3.63, 3.8) is 0 Å². The third-order valence-electron chi connectivity index (χ3n) is 5.41. The molecule has 1 fully saturated rings. The van der Waals surface area contributed by atoms with Gasteiger partial charge < -0.3 is 18.8 Å². The van der Waals surface area contributed by atoms with Crippen molar-refractivity contribution in [2.75, 3.05) is 25.6 Å². The highest BCUT2D eigenvalue weighted by Crippen LogP contribution is 2.32. The molecule has 2 amide bonds. The number of hydrogen-bond acceptors (Lipinski definition) is 7. The average molecular weight is 427 g/mol. The number of furan rings is 1. The normalized spacial score (nSPS) is 18.4. The minimum Gasteiger partial charge on any atom is -0.493 e. The molecule has 3 aromatic rings. The van der Waals surface area contributed by atoms with Gasteiger partial charge in [-0.2, -0.15) is 0 Å². The van der Waals surface area contributed by atoms with Crippen molar-refractivity contribution in [3.05, 3.63) is 40.6 Å². The van der Waals surface area contributed by atoms with E-state index in [4.69, 9.17) is 13.9 Å². The molecule has 0 bridgehead atoms. The quantitative estimate of drug-likeness (QED) is 0.687. The molecule has 1 unspecified atom stereocenters. The van der Waals surface area contributed by atoms with Crippen LogP contribution in [0.15, 0.2) is 28.7 Å². The van der Waals surface area contributed by atoms with Gasteiger partial charge in [0.1, 0.15) is 6.10 Å². The number of aromatic nitrogens is 1. The Labute approximate surface area is 176 Å². The highest BCUT2D eigenvalue weighted by atomic mass is 32.1. The first-order valence-electron chi connectivity index (χ1n) is 9.89. The van der Waals surface area contributed by atoms with E-state index in [0.29, 0.717) is 42.6 Å². The summed E-state index contributed by atoms with van der Waals surface area (Å²) in [6.45, 7) is 1.61. The van der Waals surface area contributed by atoms with E-state index in [1.54, 1.807) is 24.1 Å². The number of rotatable bonds is 4. The number of carbonyl (C=O) groups excluding carboxylic acids is 2. The summed E-state index contributed by atoms with van der Waals surface area (Å²) < 4.78 is 16.5. The topological polar surface area (TPSA) is 93.9 Å². The minimum absolute atomic E-state index is 0.150. The van der Waals surface area contributed by atoms with Crippen molar-refractivity contribution in [1.29, 1.82) is 0 Å². The molecule has 2 aromatic heterocycles. The number of nitrogens with zero attached hydrogens (tertiary/aromatic N) is 2. The van der Waals surface area contributed by atoms with E-state index in [1.807, 2.05) is 12.1 Å². The third-order valence-corrected chi connectivity index (χ3v) is 6.41. The second kappa shape index (κ2) is 7.73. The van der Waals surface area contributed by atoms with Gasteiger partial charge >= 0.3 is 0 Å². The number of ether oxygens (including phenoxy) is 2. The zero-order valence-electron chi connectivity index (χ0n) is 16.5. The van der Waals surface area contributed by atoms with Crippen LogP contribution < -0.4 is 10.1 Å². The maximum Gasteiger partial charge on any atom is 0.289 e. The highest BCUT2D eigenvalue weighted by molar-refractivity contribution is 7.15. The van der Waals surface area contributed by atoms with E-state index < -0.39 is 6.10 Å². The van der Waals surface area contributed by atoms with E-state index in [9.17, 15) is 9.59 Å². The van der Waals surface area contributed by atoms with Crippen LogP contribution in [0, 0.1) is 0 Å². The van der Waals surface area contributed by atoms with Crippen LogP contribution in [0.3, 0.4) is 0 Å². The lowest BCUT2D eigenvalue weighted by molar-refractivity contribution is -0.124. The van der Waals surface area contributed by atoms with Crippen LogP contribution >= 0.6 is 11.3 Å². The summed E-state index contributed by atoms with van der Waals surface area (Å²) in [6.07, 6.45) is 1.88. The molecule has 1 N–H and O–H groups in total. The molecule has 2 aliphatic rings. The third kappa shape index (κ3) is 3.44. The Balaban J connectivity index is 1.31. The predicted molar refractivity (Wildman–Crippen MR) is 111 cm³/mol. The van der Waals surface area contributed by atoms with Gasteiger partial charge in [-0.15, -0.1) is 0 Å². The maximum absolute atomic E-state index is 13.0. The summed E-state index contributed by atoms with van der Waals surface area (Å²) in [5, 5.41) is 4.24. The minimum atomic E-state index is -0.394. The summed E-state index contributed by atoms with van der Waals surface area (Å²) in [7, 11) is 1.57. The van der Waals surface area contributed by atoms with Gasteiger partial charge in [0.25, 0.3) is 11.8 Å². The molecular weight excluding hydrogens is 406 g/mol. The second-order valence-corrected chi connectivity index (χ2v) is 8.43. The molecule has 0 spiro atoms. The second-order valence-electron chi connectivity index (χ2n) is 7.35. The molecule has 8 nitrogen and oxygen atoms in total. The van der Waals surface area contributed by atoms with E-state index in [-0.39, 0.29) is 17.6 Å². The average Bonchev–Trinajstić information content (AvgIpc) is 3.50. The van der Waals surface area contributed by atoms with Gasteiger partial charge in [-0.1, -0.05) is 23.5 Å². The Kier molecular flexibility index (Phi) is 4.92. The first-order chi connectivity index (χ1) is 14.6. The number of methoxy groups -OCH3 is 1. The van der Waals surface area contributed by atoms with E-state index in [2.05, 4.69) is 10.3 Å². The number of amides is 2. The SMILES string of the molecule is COc1cccc2cc(C(=O)N3CCc4nc(NC(=O)C5CCCO5)sc4C3)oc12. The van der Waals surface area contributed by atoms with E-state index in [1.165, 1.54) is 11.3 Å². The Hall–Kier alpha value is -2.91. The van der Waals surface area contributed by atoms with Gasteiger partial charge in [0.2, 0.25) is 0 Å². The zero-order chi connectivity index (χ0) is 20.7. The molecule has 2 aliphatic heterocycles. The van der Waals surface area contributed by atoms with E-state index >= 15 is 0 Å². The lowest BCUT2D eigenvalue weighted by atomic mass is 10.1. The molecule has 5 rings (SSSR count). The van der Waals surface area contributed by atoms with E-state index in [0.717, 1.165) is 28.8 Å². The van der Waals surface area contributed by atoms with Gasteiger partial charge in [-0.25, -0.2) is 4.98 Å². The molecule has 1 aromatic carbocycles. The molecule has 4 heterocycles. The van der Waals surface area contributed by atoms with Crippen LogP contribution in [0.1, 0.15) is 34.0 Å².